The molecule has 0 aliphatic carbocycles. The molecule has 1 saturated heterocycles. The molecule has 0 radical (unpaired) electrons. The van der Waals surface area contributed by atoms with Gasteiger partial charge in [-0.15, -0.1) is 12.4 Å². The predicted molar refractivity (Wildman–Crippen MR) is 67.4 cm³/mol. The Morgan fingerprint density at radius 3 is 2.83 bits per heavy atom. The molecule has 5 nitrogen and oxygen atoms in total. The second-order valence-electron chi connectivity index (χ2n) is 4.26. The monoisotopic (exact) mass is 282 g/mol. The SMILES string of the molecule is CC(C)OC(=O)CC1NCCN(CCF)C1=O.Cl. The smallest absolute Gasteiger partial charge is 0.308 e. The third-order valence-electron chi connectivity index (χ3n) is 2.47. The van der Waals surface area contributed by atoms with Crippen LogP contribution in [-0.4, -0.2) is 55.2 Å². The first-order chi connectivity index (χ1) is 8.04. The molecule has 106 valence electrons. The van der Waals surface area contributed by atoms with E-state index in [4.69, 9.17) is 4.74 Å². The van der Waals surface area contributed by atoms with Crippen molar-refractivity contribution in [3.8, 4) is 0 Å². The van der Waals surface area contributed by atoms with Gasteiger partial charge in [-0.1, -0.05) is 0 Å². The van der Waals surface area contributed by atoms with Crippen LogP contribution in [0.5, 0.6) is 0 Å². The molecule has 1 heterocycles. The highest BCUT2D eigenvalue weighted by Gasteiger charge is 2.30. The van der Waals surface area contributed by atoms with Gasteiger partial charge in [0.2, 0.25) is 5.91 Å². The zero-order valence-electron chi connectivity index (χ0n) is 10.6. The van der Waals surface area contributed by atoms with Gasteiger partial charge < -0.3 is 15.0 Å². The Morgan fingerprint density at radius 1 is 1.61 bits per heavy atom. The van der Waals surface area contributed by atoms with Crippen LogP contribution in [0.3, 0.4) is 0 Å². The van der Waals surface area contributed by atoms with Crippen molar-refractivity contribution < 1.29 is 18.7 Å². The molecule has 0 aromatic carbocycles. The van der Waals surface area contributed by atoms with Crippen LogP contribution in [0.15, 0.2) is 0 Å². The van der Waals surface area contributed by atoms with E-state index < -0.39 is 18.7 Å². The summed E-state index contributed by atoms with van der Waals surface area (Å²) < 4.78 is 17.2. The minimum atomic E-state index is -0.582. The van der Waals surface area contributed by atoms with Gasteiger partial charge in [-0.2, -0.15) is 0 Å². The van der Waals surface area contributed by atoms with Crippen molar-refractivity contribution in [2.24, 2.45) is 0 Å². The van der Waals surface area contributed by atoms with Gasteiger partial charge in [-0.3, -0.25) is 9.59 Å². The van der Waals surface area contributed by atoms with Gasteiger partial charge in [0.1, 0.15) is 6.67 Å². The van der Waals surface area contributed by atoms with Crippen molar-refractivity contribution in [2.75, 3.05) is 26.3 Å². The summed E-state index contributed by atoms with van der Waals surface area (Å²) in [6.45, 7) is 4.10. The number of hydrogen-bond acceptors (Lipinski definition) is 4. The van der Waals surface area contributed by atoms with Gasteiger partial charge in [0.05, 0.1) is 18.6 Å². The summed E-state index contributed by atoms with van der Waals surface area (Å²) in [5.41, 5.74) is 0. The number of esters is 1. The van der Waals surface area contributed by atoms with Gasteiger partial charge in [-0.25, -0.2) is 4.39 Å². The molecule has 7 heteroatoms. The van der Waals surface area contributed by atoms with E-state index in [1.807, 2.05) is 0 Å². The van der Waals surface area contributed by atoms with Crippen LogP contribution in [-0.2, 0) is 14.3 Å². The van der Waals surface area contributed by atoms with Crippen molar-refractivity contribution >= 4 is 24.3 Å². The normalized spacial score (nSPS) is 19.7. The molecule has 1 fully saturated rings. The molecule has 0 bridgehead atoms. The summed E-state index contributed by atoms with van der Waals surface area (Å²) in [5, 5.41) is 2.95. The number of amides is 1. The number of ether oxygens (including phenoxy) is 1. The van der Waals surface area contributed by atoms with E-state index in [2.05, 4.69) is 5.32 Å². The molecular formula is C11H20ClFN2O3. The van der Waals surface area contributed by atoms with E-state index in [9.17, 15) is 14.0 Å². The number of nitrogens with zero attached hydrogens (tertiary/aromatic N) is 1. The van der Waals surface area contributed by atoms with Gasteiger partial charge in [0.15, 0.2) is 0 Å². The van der Waals surface area contributed by atoms with E-state index in [-0.39, 0.29) is 37.4 Å². The highest BCUT2D eigenvalue weighted by atomic mass is 35.5. The lowest BCUT2D eigenvalue weighted by Crippen LogP contribution is -2.56. The number of rotatable bonds is 5. The molecule has 0 aromatic heterocycles. The lowest BCUT2D eigenvalue weighted by molar-refractivity contribution is -0.151. The zero-order chi connectivity index (χ0) is 12.8. The van der Waals surface area contributed by atoms with E-state index in [0.29, 0.717) is 13.1 Å². The summed E-state index contributed by atoms with van der Waals surface area (Å²) in [4.78, 5) is 24.7. The average Bonchev–Trinajstić information content (AvgIpc) is 2.23. The molecule has 1 unspecified atom stereocenters. The largest absolute Gasteiger partial charge is 0.463 e. The molecule has 1 aliphatic heterocycles. The molecule has 18 heavy (non-hydrogen) atoms. The van der Waals surface area contributed by atoms with E-state index in [1.165, 1.54) is 4.90 Å². The lowest BCUT2D eigenvalue weighted by Gasteiger charge is -2.32. The number of alkyl halides is 1. The highest BCUT2D eigenvalue weighted by Crippen LogP contribution is 2.07. The number of piperazine rings is 1. The topological polar surface area (TPSA) is 58.6 Å². The summed E-state index contributed by atoms with van der Waals surface area (Å²) >= 11 is 0. The number of hydrogen-bond donors (Lipinski definition) is 1. The Labute approximate surface area is 112 Å². The number of nitrogens with one attached hydrogen (secondary N) is 1. The first-order valence-corrected chi connectivity index (χ1v) is 5.82. The summed E-state index contributed by atoms with van der Waals surface area (Å²) in [6, 6.07) is -0.582. The second kappa shape index (κ2) is 8.26. The third-order valence-corrected chi connectivity index (χ3v) is 2.47. The molecule has 0 saturated carbocycles. The van der Waals surface area contributed by atoms with Crippen LogP contribution in [0.4, 0.5) is 4.39 Å². The molecule has 1 N–H and O–H groups in total. The van der Waals surface area contributed by atoms with Crippen molar-refractivity contribution in [1.29, 1.82) is 0 Å². The van der Waals surface area contributed by atoms with Gasteiger partial charge in [0.25, 0.3) is 0 Å². The fraction of sp³-hybridized carbons (Fsp3) is 0.818. The van der Waals surface area contributed by atoms with Gasteiger partial charge >= 0.3 is 5.97 Å². The predicted octanol–water partition coefficient (Wildman–Crippen LogP) is 0.520. The fourth-order valence-corrected chi connectivity index (χ4v) is 1.75. The Bertz CT molecular complexity index is 287. The van der Waals surface area contributed by atoms with Crippen LogP contribution in [0.1, 0.15) is 20.3 Å². The van der Waals surface area contributed by atoms with Crippen molar-refractivity contribution in [3.63, 3.8) is 0 Å². The number of carbonyl (C=O) groups excluding carboxylic acids is 2. The molecular weight excluding hydrogens is 263 g/mol. The van der Waals surface area contributed by atoms with Gasteiger partial charge in [-0.05, 0) is 13.8 Å². The molecule has 0 aromatic rings. The minimum absolute atomic E-state index is 0. The molecule has 1 aliphatic rings. The van der Waals surface area contributed by atoms with Crippen LogP contribution >= 0.6 is 12.4 Å². The van der Waals surface area contributed by atoms with Crippen molar-refractivity contribution in [1.82, 2.24) is 10.2 Å². The van der Waals surface area contributed by atoms with Crippen molar-refractivity contribution in [3.05, 3.63) is 0 Å². The van der Waals surface area contributed by atoms with E-state index in [1.54, 1.807) is 13.8 Å². The first-order valence-electron chi connectivity index (χ1n) is 5.82. The summed E-state index contributed by atoms with van der Waals surface area (Å²) in [6.07, 6.45) is -0.192. The average molecular weight is 283 g/mol. The van der Waals surface area contributed by atoms with E-state index in [0.717, 1.165) is 0 Å². The first kappa shape index (κ1) is 17.1. The second-order valence-corrected chi connectivity index (χ2v) is 4.26. The Kier molecular flexibility index (Phi) is 7.86. The fourth-order valence-electron chi connectivity index (χ4n) is 1.75. The third kappa shape index (κ3) is 5.18. The Balaban J connectivity index is 0.00000289. The molecule has 1 amide bonds. The lowest BCUT2D eigenvalue weighted by atomic mass is 10.1. The van der Waals surface area contributed by atoms with Gasteiger partial charge in [0, 0.05) is 19.6 Å². The molecule has 1 atom stereocenters. The van der Waals surface area contributed by atoms with Crippen molar-refractivity contribution in [2.45, 2.75) is 32.4 Å². The van der Waals surface area contributed by atoms with E-state index >= 15 is 0 Å². The number of carbonyl (C=O) groups is 2. The minimum Gasteiger partial charge on any atom is -0.463 e. The quantitative estimate of drug-likeness (QED) is 0.747. The van der Waals surface area contributed by atoms with Crippen LogP contribution in [0.25, 0.3) is 0 Å². The maximum Gasteiger partial charge on any atom is 0.308 e. The standard InChI is InChI=1S/C11H19FN2O3.ClH/c1-8(2)17-10(15)7-9-11(16)14(5-3-12)6-4-13-9;/h8-9,13H,3-7H2,1-2H3;1H. The zero-order valence-corrected chi connectivity index (χ0v) is 11.5. The maximum absolute atomic E-state index is 12.2. The Morgan fingerprint density at radius 2 is 2.28 bits per heavy atom. The highest BCUT2D eigenvalue weighted by molar-refractivity contribution is 5.87. The Hall–Kier alpha value is -0.880. The van der Waals surface area contributed by atoms with Crippen LogP contribution < -0.4 is 5.32 Å². The summed E-state index contributed by atoms with van der Waals surface area (Å²) in [5.74, 6) is -0.637. The summed E-state index contributed by atoms with van der Waals surface area (Å²) in [7, 11) is 0. The molecule has 0 spiro atoms. The van der Waals surface area contributed by atoms with Crippen LogP contribution in [0.2, 0.25) is 0 Å². The number of halogens is 2. The maximum atomic E-state index is 12.2. The van der Waals surface area contributed by atoms with Crippen LogP contribution in [0, 0.1) is 0 Å². The molecule has 1 rings (SSSR count).